The molecule has 3 unspecified atom stereocenters. The van der Waals surface area contributed by atoms with E-state index in [1.807, 2.05) is 0 Å². The van der Waals surface area contributed by atoms with Crippen LogP contribution in [-0.4, -0.2) is 30.1 Å². The fourth-order valence-corrected chi connectivity index (χ4v) is 3.63. The zero-order valence-electron chi connectivity index (χ0n) is 12.3. The van der Waals surface area contributed by atoms with Crippen LogP contribution in [0.25, 0.3) is 0 Å². The molecule has 0 amide bonds. The number of nitrogens with zero attached hydrogens (tertiary/aromatic N) is 1. The molecule has 2 nitrogen and oxygen atoms in total. The van der Waals surface area contributed by atoms with Gasteiger partial charge in [-0.15, -0.1) is 0 Å². The molecular formula is C15H32N2. The van der Waals surface area contributed by atoms with Crippen molar-refractivity contribution in [3.63, 3.8) is 0 Å². The van der Waals surface area contributed by atoms with Crippen LogP contribution in [0.15, 0.2) is 0 Å². The molecule has 1 aliphatic carbocycles. The van der Waals surface area contributed by atoms with Crippen LogP contribution in [0, 0.1) is 11.8 Å². The van der Waals surface area contributed by atoms with Crippen LogP contribution in [0.3, 0.4) is 0 Å². The quantitative estimate of drug-likeness (QED) is 0.772. The highest BCUT2D eigenvalue weighted by molar-refractivity contribution is 4.99. The number of hydrogen-bond donors (Lipinski definition) is 1. The van der Waals surface area contributed by atoms with Crippen molar-refractivity contribution in [2.75, 3.05) is 19.6 Å². The topological polar surface area (TPSA) is 29.3 Å². The number of likely N-dealkylation sites (N-methyl/N-ethyl adjacent to an activating group) is 1. The largest absolute Gasteiger partial charge is 0.329 e. The zero-order chi connectivity index (χ0) is 12.9. The molecular weight excluding hydrogens is 208 g/mol. The van der Waals surface area contributed by atoms with Crippen LogP contribution in [-0.2, 0) is 0 Å². The van der Waals surface area contributed by atoms with Crippen LogP contribution >= 0.6 is 0 Å². The van der Waals surface area contributed by atoms with Gasteiger partial charge >= 0.3 is 0 Å². The van der Waals surface area contributed by atoms with Crippen molar-refractivity contribution in [3.05, 3.63) is 0 Å². The summed E-state index contributed by atoms with van der Waals surface area (Å²) in [5, 5.41) is 0. The number of unbranched alkanes of at least 4 members (excludes halogenated alkanes) is 1. The van der Waals surface area contributed by atoms with Gasteiger partial charge in [0.25, 0.3) is 0 Å². The normalized spacial score (nSPS) is 34.2. The number of nitrogens with two attached hydrogens (primary N) is 1. The minimum absolute atomic E-state index is 0.288. The van der Waals surface area contributed by atoms with Crippen molar-refractivity contribution in [1.82, 2.24) is 4.90 Å². The van der Waals surface area contributed by atoms with Gasteiger partial charge in [-0.1, -0.05) is 34.1 Å². The summed E-state index contributed by atoms with van der Waals surface area (Å²) in [5.74, 6) is 1.63. The Balaban J connectivity index is 2.77. The molecule has 0 heterocycles. The van der Waals surface area contributed by atoms with Gasteiger partial charge in [-0.25, -0.2) is 0 Å². The van der Waals surface area contributed by atoms with Gasteiger partial charge in [0.2, 0.25) is 0 Å². The summed E-state index contributed by atoms with van der Waals surface area (Å²) in [4.78, 5) is 2.67. The summed E-state index contributed by atoms with van der Waals surface area (Å²) in [5.41, 5.74) is 6.47. The minimum Gasteiger partial charge on any atom is -0.329 e. The Morgan fingerprint density at radius 3 is 2.47 bits per heavy atom. The molecule has 1 aliphatic rings. The molecule has 102 valence electrons. The molecule has 3 atom stereocenters. The average molecular weight is 240 g/mol. The van der Waals surface area contributed by atoms with Gasteiger partial charge in [0, 0.05) is 12.1 Å². The van der Waals surface area contributed by atoms with Gasteiger partial charge in [-0.3, -0.25) is 4.90 Å². The van der Waals surface area contributed by atoms with Crippen molar-refractivity contribution in [3.8, 4) is 0 Å². The Kier molecular flexibility index (Phi) is 5.94. The van der Waals surface area contributed by atoms with E-state index >= 15 is 0 Å². The van der Waals surface area contributed by atoms with E-state index in [9.17, 15) is 0 Å². The average Bonchev–Trinajstić information content (AvgIpc) is 2.32. The smallest absolute Gasteiger partial charge is 0.0357 e. The number of rotatable bonds is 6. The van der Waals surface area contributed by atoms with E-state index in [-0.39, 0.29) is 5.54 Å². The van der Waals surface area contributed by atoms with Crippen molar-refractivity contribution >= 4 is 0 Å². The Labute approximate surface area is 108 Å². The third kappa shape index (κ3) is 3.23. The first kappa shape index (κ1) is 15.0. The molecule has 17 heavy (non-hydrogen) atoms. The second-order valence-corrected chi connectivity index (χ2v) is 6.02. The highest BCUT2D eigenvalue weighted by Crippen LogP contribution is 2.40. The lowest BCUT2D eigenvalue weighted by Gasteiger charge is -2.51. The fourth-order valence-electron chi connectivity index (χ4n) is 3.63. The van der Waals surface area contributed by atoms with Gasteiger partial charge in [-0.2, -0.15) is 0 Å². The summed E-state index contributed by atoms with van der Waals surface area (Å²) in [6.07, 6.45) is 6.58. The molecule has 2 N–H and O–H groups in total. The molecule has 0 aliphatic heterocycles. The van der Waals surface area contributed by atoms with E-state index in [0.717, 1.165) is 24.9 Å². The van der Waals surface area contributed by atoms with Gasteiger partial charge in [0.15, 0.2) is 0 Å². The van der Waals surface area contributed by atoms with Crippen LogP contribution in [0.4, 0.5) is 0 Å². The van der Waals surface area contributed by atoms with E-state index in [4.69, 9.17) is 5.73 Å². The maximum Gasteiger partial charge on any atom is 0.0357 e. The predicted octanol–water partition coefficient (Wildman–Crippen LogP) is 3.26. The van der Waals surface area contributed by atoms with Crippen molar-refractivity contribution in [2.45, 2.75) is 65.3 Å². The van der Waals surface area contributed by atoms with E-state index in [0.29, 0.717) is 0 Å². The predicted molar refractivity (Wildman–Crippen MR) is 76.1 cm³/mol. The van der Waals surface area contributed by atoms with E-state index in [1.54, 1.807) is 0 Å². The van der Waals surface area contributed by atoms with E-state index in [1.165, 1.54) is 38.6 Å². The second kappa shape index (κ2) is 6.75. The third-order valence-corrected chi connectivity index (χ3v) is 4.89. The Hall–Kier alpha value is -0.0800. The van der Waals surface area contributed by atoms with Crippen molar-refractivity contribution in [2.24, 2.45) is 17.6 Å². The lowest BCUT2D eigenvalue weighted by Crippen LogP contribution is -2.60. The fraction of sp³-hybridized carbons (Fsp3) is 1.00. The van der Waals surface area contributed by atoms with Crippen LogP contribution in [0.2, 0.25) is 0 Å². The summed E-state index contributed by atoms with van der Waals surface area (Å²) in [6.45, 7) is 12.6. The molecule has 0 aromatic heterocycles. The highest BCUT2D eigenvalue weighted by Gasteiger charge is 2.42. The molecule has 1 fully saturated rings. The van der Waals surface area contributed by atoms with Crippen LogP contribution in [0.5, 0.6) is 0 Å². The Morgan fingerprint density at radius 1 is 1.29 bits per heavy atom. The van der Waals surface area contributed by atoms with Gasteiger partial charge < -0.3 is 5.73 Å². The molecule has 0 bridgehead atoms. The molecule has 0 saturated heterocycles. The van der Waals surface area contributed by atoms with Crippen LogP contribution < -0.4 is 5.73 Å². The first-order valence-electron chi connectivity index (χ1n) is 7.55. The molecule has 2 heteroatoms. The molecule has 0 aromatic rings. The molecule has 1 saturated carbocycles. The summed E-state index contributed by atoms with van der Waals surface area (Å²) in [6, 6.07) is 0. The monoisotopic (exact) mass is 240 g/mol. The maximum atomic E-state index is 6.18. The standard InChI is InChI=1S/C15H32N2/c1-5-7-10-17(6-2)15(12-16)9-8-13(3)11-14(15)4/h13-14H,5-12,16H2,1-4H3. The second-order valence-electron chi connectivity index (χ2n) is 6.02. The number of hydrogen-bond acceptors (Lipinski definition) is 2. The van der Waals surface area contributed by atoms with Crippen LogP contribution in [0.1, 0.15) is 59.8 Å². The summed E-state index contributed by atoms with van der Waals surface area (Å²) < 4.78 is 0. The van der Waals surface area contributed by atoms with E-state index in [2.05, 4.69) is 32.6 Å². The van der Waals surface area contributed by atoms with E-state index < -0.39 is 0 Å². The highest BCUT2D eigenvalue weighted by atomic mass is 15.2. The maximum absolute atomic E-state index is 6.18. The molecule has 0 radical (unpaired) electrons. The summed E-state index contributed by atoms with van der Waals surface area (Å²) in [7, 11) is 0. The molecule has 0 aromatic carbocycles. The molecule has 1 rings (SSSR count). The first-order chi connectivity index (χ1) is 8.10. The summed E-state index contributed by atoms with van der Waals surface area (Å²) >= 11 is 0. The SMILES string of the molecule is CCCCN(CC)C1(CN)CCC(C)CC1C. The zero-order valence-corrected chi connectivity index (χ0v) is 12.3. The van der Waals surface area contributed by atoms with Gasteiger partial charge in [0.1, 0.15) is 0 Å². The van der Waals surface area contributed by atoms with Crippen molar-refractivity contribution < 1.29 is 0 Å². The lowest BCUT2D eigenvalue weighted by molar-refractivity contribution is 0.00229. The van der Waals surface area contributed by atoms with Gasteiger partial charge in [-0.05, 0) is 50.6 Å². The Bertz CT molecular complexity index is 217. The Morgan fingerprint density at radius 2 is 2.00 bits per heavy atom. The lowest BCUT2D eigenvalue weighted by atomic mass is 9.69. The van der Waals surface area contributed by atoms with Crippen molar-refractivity contribution in [1.29, 1.82) is 0 Å². The molecule has 0 spiro atoms. The minimum atomic E-state index is 0.288. The third-order valence-electron chi connectivity index (χ3n) is 4.89. The van der Waals surface area contributed by atoms with Gasteiger partial charge in [0.05, 0.1) is 0 Å². The first-order valence-corrected chi connectivity index (χ1v) is 7.55.